The summed E-state index contributed by atoms with van der Waals surface area (Å²) >= 11 is 7.89. The van der Waals surface area contributed by atoms with E-state index < -0.39 is 6.04 Å². The Balaban J connectivity index is 1.04. The highest BCUT2D eigenvalue weighted by Gasteiger charge is 2.32. The van der Waals surface area contributed by atoms with Crippen molar-refractivity contribution in [3.8, 4) is 5.00 Å². The van der Waals surface area contributed by atoms with E-state index in [1.807, 2.05) is 66.1 Å². The van der Waals surface area contributed by atoms with Crippen molar-refractivity contribution in [3.63, 3.8) is 0 Å². The third-order valence-corrected chi connectivity index (χ3v) is 9.81. The maximum absolute atomic E-state index is 13.4. The second-order valence-corrected chi connectivity index (χ2v) is 13.2. The Morgan fingerprint density at radius 1 is 0.957 bits per heavy atom. The molecule has 0 unspecified atom stereocenters. The first-order chi connectivity index (χ1) is 22.7. The van der Waals surface area contributed by atoms with E-state index in [-0.39, 0.29) is 18.2 Å². The van der Waals surface area contributed by atoms with E-state index in [0.29, 0.717) is 29.6 Å². The Morgan fingerprint density at radius 3 is 2.40 bits per heavy atom. The molecule has 6 aromatic rings. The maximum Gasteiger partial charge on any atom is 0.267 e. The predicted molar refractivity (Wildman–Crippen MR) is 183 cm³/mol. The van der Waals surface area contributed by atoms with Crippen LogP contribution in [0.25, 0.3) is 15.9 Å². The van der Waals surface area contributed by atoms with Gasteiger partial charge in [-0.15, -0.1) is 21.5 Å². The number of aryl methyl sites for hydroxylation is 2. The Kier molecular flexibility index (Phi) is 8.17. The van der Waals surface area contributed by atoms with Crippen molar-refractivity contribution in [2.24, 2.45) is 4.99 Å². The number of H-pyrrole nitrogens is 1. The first-order valence-corrected chi connectivity index (χ1v) is 16.4. The van der Waals surface area contributed by atoms with Crippen molar-refractivity contribution < 1.29 is 9.59 Å². The summed E-state index contributed by atoms with van der Waals surface area (Å²) in [6.07, 6.45) is 3.51. The lowest BCUT2D eigenvalue weighted by atomic mass is 9.99. The number of amides is 2. The Morgan fingerprint density at radius 2 is 1.68 bits per heavy atom. The molecule has 0 bridgehead atoms. The fourth-order valence-electron chi connectivity index (χ4n) is 5.73. The van der Waals surface area contributed by atoms with Gasteiger partial charge in [0.1, 0.15) is 22.6 Å². The molecule has 0 spiro atoms. The van der Waals surface area contributed by atoms with E-state index in [1.165, 1.54) is 4.88 Å². The lowest BCUT2D eigenvalue weighted by Gasteiger charge is -2.13. The Labute approximate surface area is 280 Å². The van der Waals surface area contributed by atoms with Gasteiger partial charge in [-0.1, -0.05) is 48.0 Å². The number of nitrogens with one attached hydrogen (secondary N) is 3. The van der Waals surface area contributed by atoms with Gasteiger partial charge in [0.25, 0.3) is 5.91 Å². The first-order valence-electron chi connectivity index (χ1n) is 15.2. The van der Waals surface area contributed by atoms with Crippen LogP contribution >= 0.6 is 22.9 Å². The number of halogens is 1. The van der Waals surface area contributed by atoms with E-state index in [1.54, 1.807) is 29.8 Å². The minimum atomic E-state index is -0.541. The molecular weight excluding hydrogens is 632 g/mol. The molecule has 3 N–H and O–H groups in total. The second-order valence-electron chi connectivity index (χ2n) is 11.5. The maximum atomic E-state index is 13.4. The van der Waals surface area contributed by atoms with E-state index in [9.17, 15) is 9.59 Å². The molecule has 1 aliphatic heterocycles. The number of aliphatic imine (C=N–C) groups is 1. The molecule has 1 atom stereocenters. The summed E-state index contributed by atoms with van der Waals surface area (Å²) in [4.78, 5) is 39.6. The molecule has 4 aromatic heterocycles. The number of hydrogen-bond acceptors (Lipinski definition) is 7. The number of carbonyl (C=O) groups excluding carboxylic acids is 2. The molecule has 0 fully saturated rings. The number of aromatic amines is 1. The SMILES string of the molecule is Cc1sc2c(c1C)C(c1ccc(Cl)cc1)=N[C@@H](CC(=O)NCc1ccc(CNC(=O)c3cc4cnccc4[nH]3)cc1)c1nnc(C)n1-2. The van der Waals surface area contributed by atoms with Gasteiger partial charge in [0, 0.05) is 57.4 Å². The molecule has 12 heteroatoms. The summed E-state index contributed by atoms with van der Waals surface area (Å²) in [5, 5.41) is 17.4. The molecule has 7 rings (SSSR count). The molecule has 0 aliphatic carbocycles. The molecule has 5 heterocycles. The van der Waals surface area contributed by atoms with Gasteiger partial charge in [-0.3, -0.25) is 24.1 Å². The van der Waals surface area contributed by atoms with Crippen molar-refractivity contribution in [1.29, 1.82) is 0 Å². The average molecular weight is 663 g/mol. The van der Waals surface area contributed by atoms with Crippen LogP contribution in [0.5, 0.6) is 0 Å². The zero-order chi connectivity index (χ0) is 32.7. The first kappa shape index (κ1) is 30.5. The van der Waals surface area contributed by atoms with Crippen LogP contribution < -0.4 is 10.6 Å². The van der Waals surface area contributed by atoms with Gasteiger partial charge in [-0.2, -0.15) is 0 Å². The Bertz CT molecular complexity index is 2130. The van der Waals surface area contributed by atoms with Gasteiger partial charge in [-0.25, -0.2) is 0 Å². The van der Waals surface area contributed by atoms with E-state index in [4.69, 9.17) is 16.6 Å². The standard InChI is InChI=1S/C35H31ClN8O2S/c1-19-20(2)47-35-31(19)32(24-8-10-26(36)11-9-24)41-28(33-43-42-21(3)44(33)35)15-30(45)38-16-22-4-6-23(7-5-22)17-39-34(46)29-14-25-18-37-13-12-27(25)40-29/h4-14,18,28,40H,15-17H2,1-3H3,(H,38,45)(H,39,46)/t28-/m0/s1. The number of aromatic nitrogens is 5. The van der Waals surface area contributed by atoms with Gasteiger partial charge in [-0.05, 0) is 61.7 Å². The number of rotatable bonds is 8. The zero-order valence-electron chi connectivity index (χ0n) is 26.0. The highest BCUT2D eigenvalue weighted by atomic mass is 35.5. The molecular formula is C35H31ClN8O2S. The topological polar surface area (TPSA) is 130 Å². The number of nitrogens with zero attached hydrogens (tertiary/aromatic N) is 5. The summed E-state index contributed by atoms with van der Waals surface area (Å²) in [5.41, 5.74) is 7.14. The molecule has 0 saturated carbocycles. The van der Waals surface area contributed by atoms with Crippen LogP contribution in [0.2, 0.25) is 5.02 Å². The highest BCUT2D eigenvalue weighted by Crippen LogP contribution is 2.39. The fourth-order valence-corrected chi connectivity index (χ4v) is 7.07. The number of fused-ring (bicyclic) bond motifs is 4. The van der Waals surface area contributed by atoms with Gasteiger partial charge < -0.3 is 15.6 Å². The van der Waals surface area contributed by atoms with Gasteiger partial charge in [0.15, 0.2) is 5.82 Å². The highest BCUT2D eigenvalue weighted by molar-refractivity contribution is 7.15. The summed E-state index contributed by atoms with van der Waals surface area (Å²) < 4.78 is 2.04. The van der Waals surface area contributed by atoms with Crippen molar-refractivity contribution >= 4 is 51.4 Å². The van der Waals surface area contributed by atoms with Crippen LogP contribution in [0.1, 0.15) is 67.3 Å². The van der Waals surface area contributed by atoms with Crippen LogP contribution in [0.4, 0.5) is 0 Å². The van der Waals surface area contributed by atoms with E-state index >= 15 is 0 Å². The van der Waals surface area contributed by atoms with Crippen LogP contribution in [0.3, 0.4) is 0 Å². The van der Waals surface area contributed by atoms with Crippen LogP contribution in [0.15, 0.2) is 78.0 Å². The molecule has 10 nitrogen and oxygen atoms in total. The lowest BCUT2D eigenvalue weighted by molar-refractivity contribution is -0.121. The van der Waals surface area contributed by atoms with E-state index in [2.05, 4.69) is 44.6 Å². The minimum absolute atomic E-state index is 0.107. The summed E-state index contributed by atoms with van der Waals surface area (Å²) in [7, 11) is 0. The van der Waals surface area contributed by atoms with Crippen molar-refractivity contribution in [2.75, 3.05) is 0 Å². The normalized spacial score (nSPS) is 13.9. The van der Waals surface area contributed by atoms with Gasteiger partial charge >= 0.3 is 0 Å². The molecule has 2 aromatic carbocycles. The quantitative estimate of drug-likeness (QED) is 0.176. The third kappa shape index (κ3) is 6.07. The smallest absolute Gasteiger partial charge is 0.267 e. The molecule has 0 saturated heterocycles. The summed E-state index contributed by atoms with van der Waals surface area (Å²) in [6.45, 7) is 6.85. The monoisotopic (exact) mass is 662 g/mol. The molecule has 0 radical (unpaired) electrons. The largest absolute Gasteiger partial charge is 0.352 e. The second kappa shape index (κ2) is 12.6. The Hall–Kier alpha value is -5.13. The number of benzene rings is 2. The van der Waals surface area contributed by atoms with Crippen LogP contribution in [0, 0.1) is 20.8 Å². The number of pyridine rings is 1. The fraction of sp³-hybridized carbons (Fsp3) is 0.200. The summed E-state index contributed by atoms with van der Waals surface area (Å²) in [5.74, 6) is 1.05. The lowest BCUT2D eigenvalue weighted by Crippen LogP contribution is -2.25. The molecule has 236 valence electrons. The number of carbonyl (C=O) groups is 2. The third-order valence-electron chi connectivity index (χ3n) is 8.37. The van der Waals surface area contributed by atoms with Gasteiger partial charge in [0.05, 0.1) is 12.1 Å². The number of hydrogen-bond donors (Lipinski definition) is 3. The molecule has 2 amide bonds. The number of thiophene rings is 1. The van der Waals surface area contributed by atoms with Crippen LogP contribution in [-0.4, -0.2) is 42.3 Å². The summed E-state index contributed by atoms with van der Waals surface area (Å²) in [6, 6.07) is 18.5. The van der Waals surface area contributed by atoms with Crippen molar-refractivity contribution in [2.45, 2.75) is 46.3 Å². The van der Waals surface area contributed by atoms with E-state index in [0.717, 1.165) is 55.3 Å². The van der Waals surface area contributed by atoms with Gasteiger partial charge in [0.2, 0.25) is 5.91 Å². The zero-order valence-corrected chi connectivity index (χ0v) is 27.5. The average Bonchev–Trinajstić information content (AvgIpc) is 3.74. The predicted octanol–water partition coefficient (Wildman–Crippen LogP) is 6.31. The van der Waals surface area contributed by atoms with Crippen molar-refractivity contribution in [1.82, 2.24) is 35.4 Å². The minimum Gasteiger partial charge on any atom is -0.352 e. The molecule has 47 heavy (non-hydrogen) atoms. The molecule has 1 aliphatic rings. The van der Waals surface area contributed by atoms with Crippen LogP contribution in [-0.2, 0) is 17.9 Å². The van der Waals surface area contributed by atoms with Crippen molar-refractivity contribution in [3.05, 3.63) is 128 Å².